The van der Waals surface area contributed by atoms with E-state index in [9.17, 15) is 14.7 Å². The van der Waals surface area contributed by atoms with Crippen LogP contribution in [0, 0.1) is 0 Å². The number of nitrogens with zero attached hydrogens (tertiary/aromatic N) is 1. The number of ether oxygens (including phenoxy) is 1. The zero-order valence-corrected chi connectivity index (χ0v) is 12.2. The number of thioether (sulfide) groups is 1. The van der Waals surface area contributed by atoms with E-state index >= 15 is 0 Å². The second-order valence-corrected chi connectivity index (χ2v) is 5.61. The summed E-state index contributed by atoms with van der Waals surface area (Å²) in [6.45, 7) is -0.196. The van der Waals surface area contributed by atoms with Crippen LogP contribution in [0.4, 0.5) is 0 Å². The van der Waals surface area contributed by atoms with Crippen molar-refractivity contribution >= 4 is 46.3 Å². The fraction of sp³-hybridized carbons (Fsp3) is 0.154. The van der Waals surface area contributed by atoms with Crippen LogP contribution < -0.4 is 0 Å². The Morgan fingerprint density at radius 1 is 1.55 bits per heavy atom. The summed E-state index contributed by atoms with van der Waals surface area (Å²) < 4.78 is 4.84. The minimum Gasteiger partial charge on any atom is -0.508 e. The lowest BCUT2D eigenvalue weighted by molar-refractivity contribution is -0.143. The number of carbonyl (C=O) groups excluding carboxylic acids is 2. The summed E-state index contributed by atoms with van der Waals surface area (Å²) in [6, 6.07) is 6.51. The highest BCUT2D eigenvalue weighted by molar-refractivity contribution is 8.26. The molecular weight excluding hydrogens is 298 g/mol. The van der Waals surface area contributed by atoms with E-state index in [1.807, 2.05) is 0 Å². The third kappa shape index (κ3) is 3.17. The molecule has 1 heterocycles. The van der Waals surface area contributed by atoms with E-state index in [-0.39, 0.29) is 18.2 Å². The first-order valence-electron chi connectivity index (χ1n) is 5.62. The molecular formula is C13H11NO4S2. The minimum absolute atomic E-state index is 0.115. The number of benzene rings is 1. The smallest absolute Gasteiger partial charge is 0.325 e. The lowest BCUT2D eigenvalue weighted by atomic mass is 10.2. The summed E-state index contributed by atoms with van der Waals surface area (Å²) in [5.74, 6) is -0.752. The fourth-order valence-corrected chi connectivity index (χ4v) is 2.85. The summed E-state index contributed by atoms with van der Waals surface area (Å²) >= 11 is 6.19. The average molecular weight is 309 g/mol. The van der Waals surface area contributed by atoms with Crippen molar-refractivity contribution < 1.29 is 19.4 Å². The van der Waals surface area contributed by atoms with Gasteiger partial charge in [0.25, 0.3) is 5.91 Å². The molecule has 1 fully saturated rings. The van der Waals surface area contributed by atoms with Crippen molar-refractivity contribution in [2.24, 2.45) is 0 Å². The van der Waals surface area contributed by atoms with Gasteiger partial charge >= 0.3 is 5.97 Å². The molecule has 104 valence electrons. The highest BCUT2D eigenvalue weighted by atomic mass is 32.2. The Bertz CT molecular complexity index is 612. The van der Waals surface area contributed by atoms with Crippen LogP contribution in [0.2, 0.25) is 0 Å². The standard InChI is InChI=1S/C13H11NO4S2/c1-18-11(16)7-14-12(17)10(20-13(14)19)6-8-3-2-4-9(15)5-8/h2-6,15H,7H2,1H3/b10-6+. The Kier molecular flexibility index (Phi) is 4.41. The van der Waals surface area contributed by atoms with Crippen LogP contribution in [0.25, 0.3) is 6.08 Å². The van der Waals surface area contributed by atoms with Gasteiger partial charge in [0.1, 0.15) is 16.6 Å². The van der Waals surface area contributed by atoms with Gasteiger partial charge in [-0.1, -0.05) is 36.1 Å². The molecule has 1 aromatic rings. The van der Waals surface area contributed by atoms with E-state index in [1.54, 1.807) is 24.3 Å². The summed E-state index contributed by atoms with van der Waals surface area (Å²) in [6.07, 6.45) is 1.62. The Morgan fingerprint density at radius 3 is 2.95 bits per heavy atom. The molecule has 20 heavy (non-hydrogen) atoms. The maximum absolute atomic E-state index is 12.1. The zero-order valence-electron chi connectivity index (χ0n) is 10.5. The molecule has 0 saturated carbocycles. The van der Waals surface area contributed by atoms with Crippen LogP contribution in [0.5, 0.6) is 5.75 Å². The molecule has 1 aliphatic rings. The second kappa shape index (κ2) is 6.06. The van der Waals surface area contributed by atoms with Crippen molar-refractivity contribution in [3.63, 3.8) is 0 Å². The molecule has 0 atom stereocenters. The molecule has 7 heteroatoms. The van der Waals surface area contributed by atoms with E-state index in [1.165, 1.54) is 18.1 Å². The van der Waals surface area contributed by atoms with Gasteiger partial charge in [0.05, 0.1) is 12.0 Å². The first kappa shape index (κ1) is 14.5. The third-order valence-corrected chi connectivity index (χ3v) is 3.93. The van der Waals surface area contributed by atoms with Crippen LogP contribution in [0.15, 0.2) is 29.2 Å². The van der Waals surface area contributed by atoms with Crippen molar-refractivity contribution in [2.75, 3.05) is 13.7 Å². The first-order chi connectivity index (χ1) is 9.51. The van der Waals surface area contributed by atoms with Crippen molar-refractivity contribution in [1.82, 2.24) is 4.90 Å². The van der Waals surface area contributed by atoms with E-state index in [0.717, 1.165) is 11.8 Å². The minimum atomic E-state index is -0.528. The van der Waals surface area contributed by atoms with Crippen molar-refractivity contribution in [3.05, 3.63) is 34.7 Å². The average Bonchev–Trinajstić information content (AvgIpc) is 2.66. The van der Waals surface area contributed by atoms with Gasteiger partial charge in [-0.05, 0) is 23.8 Å². The molecule has 0 unspecified atom stereocenters. The number of thiocarbonyl (C=S) groups is 1. The van der Waals surface area contributed by atoms with Gasteiger partial charge in [0.2, 0.25) is 0 Å². The SMILES string of the molecule is COC(=O)CN1C(=O)/C(=C\c2cccc(O)c2)SC1=S. The second-order valence-electron chi connectivity index (χ2n) is 3.94. The largest absolute Gasteiger partial charge is 0.508 e. The number of hydrogen-bond acceptors (Lipinski definition) is 6. The molecule has 0 spiro atoms. The van der Waals surface area contributed by atoms with Gasteiger partial charge in [-0.15, -0.1) is 0 Å². The number of amides is 1. The summed E-state index contributed by atoms with van der Waals surface area (Å²) in [5, 5.41) is 9.39. The van der Waals surface area contributed by atoms with Crippen molar-refractivity contribution in [3.8, 4) is 5.75 Å². The van der Waals surface area contributed by atoms with Crippen LogP contribution in [-0.2, 0) is 14.3 Å². The van der Waals surface area contributed by atoms with E-state index in [4.69, 9.17) is 12.2 Å². The number of phenolic OH excluding ortho intramolecular Hbond substituents is 1. The van der Waals surface area contributed by atoms with E-state index < -0.39 is 5.97 Å². The number of methoxy groups -OCH3 is 1. The van der Waals surface area contributed by atoms with Crippen LogP contribution in [-0.4, -0.2) is 39.9 Å². The van der Waals surface area contributed by atoms with E-state index in [2.05, 4.69) is 4.74 Å². The molecule has 1 N–H and O–H groups in total. The summed E-state index contributed by atoms with van der Waals surface area (Å²) in [5.41, 5.74) is 0.684. The Morgan fingerprint density at radius 2 is 2.30 bits per heavy atom. The normalized spacial score (nSPS) is 16.9. The number of phenols is 1. The molecule has 0 radical (unpaired) electrons. The molecule has 0 bridgehead atoms. The third-order valence-electron chi connectivity index (χ3n) is 2.56. The van der Waals surface area contributed by atoms with Crippen molar-refractivity contribution in [2.45, 2.75) is 0 Å². The lowest BCUT2D eigenvalue weighted by Crippen LogP contribution is -2.33. The van der Waals surface area contributed by atoms with Crippen LogP contribution in [0.3, 0.4) is 0 Å². The maximum Gasteiger partial charge on any atom is 0.325 e. The van der Waals surface area contributed by atoms with Gasteiger partial charge in [0.15, 0.2) is 0 Å². The quantitative estimate of drug-likeness (QED) is 0.521. The lowest BCUT2D eigenvalue weighted by Gasteiger charge is -2.11. The molecule has 1 saturated heterocycles. The van der Waals surface area contributed by atoms with Gasteiger partial charge in [-0.3, -0.25) is 14.5 Å². The maximum atomic E-state index is 12.1. The number of esters is 1. The molecule has 1 amide bonds. The highest BCUT2D eigenvalue weighted by Gasteiger charge is 2.33. The molecule has 1 aromatic carbocycles. The van der Waals surface area contributed by atoms with Crippen LogP contribution in [0.1, 0.15) is 5.56 Å². The number of carbonyl (C=O) groups is 2. The van der Waals surface area contributed by atoms with Gasteiger partial charge < -0.3 is 9.84 Å². The Hall–Kier alpha value is -1.86. The number of hydrogen-bond donors (Lipinski definition) is 1. The number of aromatic hydroxyl groups is 1. The highest BCUT2D eigenvalue weighted by Crippen LogP contribution is 2.32. The molecule has 0 aromatic heterocycles. The van der Waals surface area contributed by atoms with Crippen molar-refractivity contribution in [1.29, 1.82) is 0 Å². The zero-order chi connectivity index (χ0) is 14.7. The molecule has 2 rings (SSSR count). The predicted molar refractivity (Wildman–Crippen MR) is 80.0 cm³/mol. The monoisotopic (exact) mass is 309 g/mol. The van der Waals surface area contributed by atoms with E-state index in [0.29, 0.717) is 14.8 Å². The molecule has 0 aliphatic carbocycles. The molecule has 1 aliphatic heterocycles. The van der Waals surface area contributed by atoms with Gasteiger partial charge in [-0.25, -0.2) is 0 Å². The Labute approximate surface area is 125 Å². The van der Waals surface area contributed by atoms with Gasteiger partial charge in [-0.2, -0.15) is 0 Å². The van der Waals surface area contributed by atoms with Gasteiger partial charge in [0, 0.05) is 0 Å². The first-order valence-corrected chi connectivity index (χ1v) is 6.85. The molecule has 5 nitrogen and oxygen atoms in total. The predicted octanol–water partition coefficient (Wildman–Crippen LogP) is 1.77. The number of rotatable bonds is 3. The van der Waals surface area contributed by atoms with Crippen LogP contribution >= 0.6 is 24.0 Å². The fourth-order valence-electron chi connectivity index (χ4n) is 1.60. The Balaban J connectivity index is 2.21. The topological polar surface area (TPSA) is 66.8 Å². The summed E-state index contributed by atoms with van der Waals surface area (Å²) in [7, 11) is 1.25. The summed E-state index contributed by atoms with van der Waals surface area (Å²) in [4.78, 5) is 25.0.